The Kier molecular flexibility index (Phi) is 10.5. The Balaban J connectivity index is 0.974. The van der Waals surface area contributed by atoms with Gasteiger partial charge in [-0.25, -0.2) is 0 Å². The van der Waals surface area contributed by atoms with Crippen molar-refractivity contribution < 1.29 is 4.74 Å². The molecule has 0 bridgehead atoms. The third kappa shape index (κ3) is 7.20. The molecule has 5 heterocycles. The summed E-state index contributed by atoms with van der Waals surface area (Å²) in [6, 6.07) is 102. The van der Waals surface area contributed by atoms with Crippen LogP contribution in [0.15, 0.2) is 289 Å². The Morgan fingerprint density at radius 2 is 0.926 bits per heavy atom. The molecule has 0 N–H and O–H groups in total. The van der Waals surface area contributed by atoms with Crippen LogP contribution in [-0.4, -0.2) is 6.71 Å². The lowest BCUT2D eigenvalue weighted by Gasteiger charge is -2.46. The zero-order chi connectivity index (χ0) is 53.1. The van der Waals surface area contributed by atoms with E-state index in [1.807, 2.05) is 23.1 Å². The lowest BCUT2D eigenvalue weighted by atomic mass is 9.35. The number of hydrogen-bond acceptors (Lipinski definition) is 7. The normalized spacial score (nSPS) is 14.0. The number of benzene rings is 12. The van der Waals surface area contributed by atoms with Crippen molar-refractivity contribution in [2.45, 2.75) is 15.7 Å². The van der Waals surface area contributed by atoms with Crippen LogP contribution in [0.4, 0.5) is 68.2 Å². The molecular weight excluding hydrogens is 1020 g/mol. The van der Waals surface area contributed by atoms with Gasteiger partial charge >= 0.3 is 0 Å². The molecule has 4 aliphatic heterocycles. The molecule has 8 heteroatoms. The van der Waals surface area contributed by atoms with E-state index in [4.69, 9.17) is 4.74 Å². The van der Waals surface area contributed by atoms with E-state index in [2.05, 4.69) is 299 Å². The predicted molar refractivity (Wildman–Crippen MR) is 341 cm³/mol. The smallest absolute Gasteiger partial charge is 0.253 e. The van der Waals surface area contributed by atoms with Crippen molar-refractivity contribution in [3.63, 3.8) is 0 Å². The van der Waals surface area contributed by atoms with Gasteiger partial charge in [-0.3, -0.25) is 0 Å². The van der Waals surface area contributed by atoms with Gasteiger partial charge in [0.15, 0.2) is 0 Å². The van der Waals surface area contributed by atoms with E-state index in [-0.39, 0.29) is 12.6 Å². The molecule has 1 unspecified atom stereocenters. The second-order valence-corrected chi connectivity index (χ2v) is 23.3. The molecule has 0 saturated heterocycles. The number of rotatable bonds is 8. The van der Waals surface area contributed by atoms with Crippen LogP contribution in [0.25, 0.3) is 20.2 Å². The average molecular weight is 1070 g/mol. The molecule has 0 amide bonds. The van der Waals surface area contributed by atoms with E-state index in [0.29, 0.717) is 0 Å². The van der Waals surface area contributed by atoms with Gasteiger partial charge in [0.25, 0.3) is 6.71 Å². The van der Waals surface area contributed by atoms with Crippen LogP contribution in [-0.2, 0) is 0 Å². The molecule has 0 radical (unpaired) electrons. The molecule has 12 aromatic carbocycles. The zero-order valence-corrected chi connectivity index (χ0v) is 45.4. The van der Waals surface area contributed by atoms with Crippen molar-refractivity contribution in [1.82, 2.24) is 0 Å². The zero-order valence-electron chi connectivity index (χ0n) is 43.7. The Morgan fingerprint density at radius 3 is 1.62 bits per heavy atom. The highest BCUT2D eigenvalue weighted by Crippen LogP contribution is 2.63. The first-order valence-electron chi connectivity index (χ1n) is 27.6. The van der Waals surface area contributed by atoms with Gasteiger partial charge in [-0.2, -0.15) is 0 Å². The van der Waals surface area contributed by atoms with Gasteiger partial charge in [0, 0.05) is 75.9 Å². The topological polar surface area (TPSA) is 22.2 Å². The van der Waals surface area contributed by atoms with E-state index in [1.165, 1.54) is 74.4 Å². The van der Waals surface area contributed by atoms with Crippen molar-refractivity contribution in [3.05, 3.63) is 296 Å². The van der Waals surface area contributed by atoms with Crippen LogP contribution in [0.5, 0.6) is 11.5 Å². The summed E-state index contributed by atoms with van der Waals surface area (Å²) in [5, 5.41) is 2.51. The molecule has 0 spiro atoms. The lowest BCUT2D eigenvalue weighted by Crippen LogP contribution is -2.58. The number of thiophene rings is 1. The lowest BCUT2D eigenvalue weighted by molar-refractivity contribution is 0.486. The number of hydrogen-bond donors (Lipinski definition) is 0. The molecule has 0 fully saturated rings. The fraction of sp³-hybridized carbons (Fsp3) is 0.0137. The highest BCUT2D eigenvalue weighted by molar-refractivity contribution is 8.00. The number of para-hydroxylation sites is 7. The minimum atomic E-state index is -0.120. The summed E-state index contributed by atoms with van der Waals surface area (Å²) in [4.78, 5) is 12.4. The van der Waals surface area contributed by atoms with Crippen LogP contribution in [0.3, 0.4) is 0 Å². The van der Waals surface area contributed by atoms with E-state index < -0.39 is 0 Å². The van der Waals surface area contributed by atoms with Gasteiger partial charge in [-0.05, 0) is 137 Å². The number of anilines is 12. The Bertz CT molecular complexity index is 4560. The highest BCUT2D eigenvalue weighted by atomic mass is 32.2. The number of fused-ring (bicyclic) bond motifs is 11. The minimum Gasteiger partial charge on any atom is -0.458 e. The quantitative estimate of drug-likeness (QED) is 0.140. The van der Waals surface area contributed by atoms with Crippen LogP contribution in [0, 0.1) is 0 Å². The molecule has 1 aromatic heterocycles. The SMILES string of the molecule is c1ccc(N(c2ccccc2)c2cc3c4c(c2)Sc2cc5c(cc2B4c2ccccc2O3)C2c3ccccc3N(c3ccccc3)c3cc(N(c4ccccc4)c4ccccc4)cc(c32)N5c2cccc3sc4ccccc4c23)cc1. The maximum absolute atomic E-state index is 7.11. The van der Waals surface area contributed by atoms with Crippen LogP contribution < -0.4 is 40.7 Å². The molecule has 0 saturated carbocycles. The van der Waals surface area contributed by atoms with Crippen molar-refractivity contribution in [1.29, 1.82) is 0 Å². The van der Waals surface area contributed by atoms with Gasteiger partial charge in [-0.1, -0.05) is 175 Å². The summed E-state index contributed by atoms with van der Waals surface area (Å²) in [5.74, 6) is 1.66. The first-order chi connectivity index (χ1) is 40.2. The van der Waals surface area contributed by atoms with Gasteiger partial charge in [0.05, 0.1) is 39.8 Å². The maximum Gasteiger partial charge on any atom is 0.253 e. The molecule has 5 nitrogen and oxygen atoms in total. The molecule has 17 rings (SSSR count). The molecule has 13 aromatic rings. The summed E-state index contributed by atoms with van der Waals surface area (Å²) >= 11 is 3.74. The van der Waals surface area contributed by atoms with Gasteiger partial charge in [0.1, 0.15) is 11.5 Å². The van der Waals surface area contributed by atoms with Crippen molar-refractivity contribution in [3.8, 4) is 11.5 Å². The average Bonchev–Trinajstić information content (AvgIpc) is 4.05. The summed E-state index contributed by atoms with van der Waals surface area (Å²) < 4.78 is 9.64. The maximum atomic E-state index is 7.11. The van der Waals surface area contributed by atoms with E-state index in [0.717, 1.165) is 68.4 Å². The number of ether oxygens (including phenoxy) is 1. The van der Waals surface area contributed by atoms with Gasteiger partial charge in [0.2, 0.25) is 0 Å². The second kappa shape index (κ2) is 18.4. The van der Waals surface area contributed by atoms with Gasteiger partial charge < -0.3 is 24.3 Å². The summed E-state index contributed by atoms with van der Waals surface area (Å²) in [5.41, 5.74) is 20.9. The number of nitrogens with zero attached hydrogens (tertiary/aromatic N) is 4. The fourth-order valence-electron chi connectivity index (χ4n) is 13.4. The predicted octanol–water partition coefficient (Wildman–Crippen LogP) is 18.8. The van der Waals surface area contributed by atoms with Crippen LogP contribution in [0.1, 0.15) is 22.6 Å². The molecule has 4 aliphatic rings. The third-order valence-corrected chi connectivity index (χ3v) is 18.9. The molecule has 81 heavy (non-hydrogen) atoms. The Hall–Kier alpha value is -9.73. The van der Waals surface area contributed by atoms with E-state index >= 15 is 0 Å². The minimum absolute atomic E-state index is 0.0802. The second-order valence-electron chi connectivity index (χ2n) is 21.1. The van der Waals surface area contributed by atoms with Gasteiger partial charge in [-0.15, -0.1) is 11.3 Å². The molecule has 1 atom stereocenters. The highest BCUT2D eigenvalue weighted by Gasteiger charge is 2.46. The first-order valence-corrected chi connectivity index (χ1v) is 29.3. The van der Waals surface area contributed by atoms with Crippen LogP contribution >= 0.6 is 23.1 Å². The molecule has 0 aliphatic carbocycles. The van der Waals surface area contributed by atoms with Crippen molar-refractivity contribution in [2.75, 3.05) is 19.6 Å². The third-order valence-electron chi connectivity index (χ3n) is 16.7. The molecular formula is C73H47BN4OS2. The molecule has 380 valence electrons. The Morgan fingerprint density at radius 1 is 0.370 bits per heavy atom. The Labute approximate surface area is 478 Å². The summed E-state index contributed by atoms with van der Waals surface area (Å²) in [6.45, 7) is -0.0802. The standard InChI is InChI=1S/C73H47BN4OS2/c1-6-23-47(24-7-1)75(48-25-8-2-9-26-48)52-41-62-72-63(42-52)78(60-37-22-40-67-71(60)55-34-17-21-39-66(55)80-67)61-46-68-58(45-56(61)70(72)54-33-16-19-36-59(54)77(62)51-31-14-5-15-32-51)74-57-35-18-20-38-64(57)79-65-43-53(44-69(81-68)73(65)74)76(49-27-10-3-11-28-49)50-29-12-4-13-30-50/h1-46,70H. The largest absolute Gasteiger partial charge is 0.458 e. The monoisotopic (exact) mass is 1070 g/mol. The van der Waals surface area contributed by atoms with Crippen molar-refractivity contribution >= 4 is 135 Å². The van der Waals surface area contributed by atoms with Crippen molar-refractivity contribution in [2.24, 2.45) is 0 Å². The van der Waals surface area contributed by atoms with E-state index in [9.17, 15) is 0 Å². The fourth-order valence-corrected chi connectivity index (χ4v) is 15.7. The van der Waals surface area contributed by atoms with E-state index in [1.54, 1.807) is 0 Å². The first kappa shape index (κ1) is 46.2. The van der Waals surface area contributed by atoms with Crippen LogP contribution in [0.2, 0.25) is 0 Å². The summed E-state index contributed by atoms with van der Waals surface area (Å²) in [7, 11) is 0. The summed E-state index contributed by atoms with van der Waals surface area (Å²) in [6.07, 6.45) is 0.